The Morgan fingerprint density at radius 1 is 0.469 bits per heavy atom. The first kappa shape index (κ1) is 24.9. The summed E-state index contributed by atoms with van der Waals surface area (Å²) >= 11 is 2.73. The molecule has 0 aliphatic heterocycles. The maximum atomic E-state index is 5.67. The minimum absolute atomic E-state index is 0.959. The fourth-order valence-corrected chi connectivity index (χ4v) is 10.4. The van der Waals surface area contributed by atoms with Crippen molar-refractivity contribution in [2.24, 2.45) is 0 Å². The molecule has 0 fully saturated rings. The van der Waals surface area contributed by atoms with Gasteiger partial charge >= 0.3 is 0 Å². The Morgan fingerprint density at radius 3 is 0.812 bits per heavy atom. The van der Waals surface area contributed by atoms with Crippen molar-refractivity contribution in [2.45, 2.75) is 41.5 Å². The van der Waals surface area contributed by atoms with Gasteiger partial charge in [-0.05, 0) is 111 Å². The first-order chi connectivity index (χ1) is 15.1. The van der Waals surface area contributed by atoms with Crippen molar-refractivity contribution in [3.63, 3.8) is 0 Å². The second-order valence-electron chi connectivity index (χ2n) is 8.43. The predicted octanol–water partition coefficient (Wildman–Crippen LogP) is 6.21. The molecule has 32 heavy (non-hydrogen) atoms. The fraction of sp³-hybridized carbons (Fsp3) is 0.333. The zero-order valence-corrected chi connectivity index (χ0v) is 23.6. The van der Waals surface area contributed by atoms with Crippen LogP contribution in [0.1, 0.15) is 33.4 Å². The Balaban J connectivity index is 2.40. The first-order valence-corrected chi connectivity index (χ1v) is 15.2. The average Bonchev–Trinajstić information content (AvgIpc) is 2.72. The van der Waals surface area contributed by atoms with Crippen LogP contribution in [0.4, 0.5) is 0 Å². The maximum absolute atomic E-state index is 5.67. The molecular weight excluding hydrogens is 530 g/mol. The van der Waals surface area contributed by atoms with E-state index in [0.29, 0.717) is 0 Å². The standard InChI is InChI=1S/C27H33IO3P/c1-16-10-22(11-17(2)25(16)29-7)32(28,23-12-18(3)26(30-8)19(4)13-23)24-14-20(5)27(31-9)21(6)15-24/h10-15H,1-9H3/q+1. The average molecular weight is 563 g/mol. The minimum atomic E-state index is -1.98. The highest BCUT2D eigenvalue weighted by atomic mass is 127. The van der Waals surface area contributed by atoms with Crippen molar-refractivity contribution in [3.8, 4) is 17.2 Å². The van der Waals surface area contributed by atoms with Gasteiger partial charge in [0.2, 0.25) is 0 Å². The summed E-state index contributed by atoms with van der Waals surface area (Å²) in [6.45, 7) is 12.8. The molecule has 3 nitrogen and oxygen atoms in total. The number of benzene rings is 3. The molecule has 5 heteroatoms. The molecule has 0 amide bonds. The van der Waals surface area contributed by atoms with Gasteiger partial charge in [0.05, 0.1) is 21.3 Å². The molecule has 0 unspecified atom stereocenters. The summed E-state index contributed by atoms with van der Waals surface area (Å²) in [7, 11) is 5.23. The number of aryl methyl sites for hydroxylation is 6. The van der Waals surface area contributed by atoms with E-state index in [-0.39, 0.29) is 0 Å². The maximum Gasteiger partial charge on any atom is 0.173 e. The molecule has 0 radical (unpaired) electrons. The first-order valence-electron chi connectivity index (χ1n) is 10.6. The van der Waals surface area contributed by atoms with Crippen molar-refractivity contribution in [1.82, 2.24) is 0 Å². The van der Waals surface area contributed by atoms with E-state index in [4.69, 9.17) is 14.2 Å². The van der Waals surface area contributed by atoms with E-state index in [2.05, 4.69) is 100.0 Å². The number of methoxy groups -OCH3 is 3. The fourth-order valence-electron chi connectivity index (χ4n) is 4.73. The third-order valence-electron chi connectivity index (χ3n) is 6.02. The highest BCUT2D eigenvalue weighted by Gasteiger charge is 2.45. The van der Waals surface area contributed by atoms with Gasteiger partial charge in [0.1, 0.15) is 33.2 Å². The summed E-state index contributed by atoms with van der Waals surface area (Å²) in [5.41, 5.74) is 6.96. The molecule has 0 N–H and O–H groups in total. The van der Waals surface area contributed by atoms with Gasteiger partial charge < -0.3 is 14.2 Å². The van der Waals surface area contributed by atoms with Crippen LogP contribution in [0.5, 0.6) is 17.2 Å². The second kappa shape index (κ2) is 9.61. The SMILES string of the molecule is COc1c(C)cc([P+](I)(c2cc(C)c(OC)c(C)c2)c2cc(C)c(OC)c(C)c2)cc1C. The van der Waals surface area contributed by atoms with Gasteiger partial charge in [-0.15, -0.1) is 0 Å². The van der Waals surface area contributed by atoms with E-state index in [1.807, 2.05) is 0 Å². The molecule has 170 valence electrons. The van der Waals surface area contributed by atoms with Gasteiger partial charge in [-0.1, -0.05) is 0 Å². The van der Waals surface area contributed by atoms with Crippen molar-refractivity contribution in [3.05, 3.63) is 69.8 Å². The van der Waals surface area contributed by atoms with Crippen LogP contribution >= 0.6 is 26.9 Å². The molecule has 0 atom stereocenters. The summed E-state index contributed by atoms with van der Waals surface area (Å²) in [6, 6.07) is 13.8. The van der Waals surface area contributed by atoms with Crippen LogP contribution in [-0.4, -0.2) is 21.3 Å². The third-order valence-corrected chi connectivity index (χ3v) is 13.9. The highest BCUT2D eigenvalue weighted by Crippen LogP contribution is 2.64. The molecule has 0 heterocycles. The van der Waals surface area contributed by atoms with Crippen LogP contribution in [0.15, 0.2) is 36.4 Å². The molecule has 0 saturated heterocycles. The van der Waals surface area contributed by atoms with Gasteiger partial charge in [-0.2, -0.15) is 0 Å². The third kappa shape index (κ3) is 4.24. The summed E-state index contributed by atoms with van der Waals surface area (Å²) in [5, 5.41) is 4.01. The van der Waals surface area contributed by atoms with Crippen LogP contribution in [0.3, 0.4) is 0 Å². The quantitative estimate of drug-likeness (QED) is 0.264. The highest BCUT2D eigenvalue weighted by molar-refractivity contribution is 14.2. The molecule has 0 aliphatic carbocycles. The van der Waals surface area contributed by atoms with Crippen LogP contribution in [0, 0.1) is 41.5 Å². The molecule has 0 saturated carbocycles. The van der Waals surface area contributed by atoms with E-state index >= 15 is 0 Å². The van der Waals surface area contributed by atoms with Crippen LogP contribution in [0.2, 0.25) is 0 Å². The molecule has 0 spiro atoms. The normalized spacial score (nSPS) is 11.4. The van der Waals surface area contributed by atoms with Crippen LogP contribution in [-0.2, 0) is 0 Å². The largest absolute Gasteiger partial charge is 0.496 e. The zero-order valence-electron chi connectivity index (χ0n) is 20.5. The molecule has 0 aliphatic rings. The predicted molar refractivity (Wildman–Crippen MR) is 147 cm³/mol. The van der Waals surface area contributed by atoms with Gasteiger partial charge in [-0.3, -0.25) is 0 Å². The number of hydrogen-bond acceptors (Lipinski definition) is 3. The monoisotopic (exact) mass is 563 g/mol. The Bertz CT molecular complexity index is 956. The van der Waals surface area contributed by atoms with E-state index in [0.717, 1.165) is 50.6 Å². The van der Waals surface area contributed by atoms with E-state index in [1.165, 1.54) is 15.9 Å². The van der Waals surface area contributed by atoms with Crippen molar-refractivity contribution < 1.29 is 14.2 Å². The van der Waals surface area contributed by atoms with Crippen molar-refractivity contribution in [2.75, 3.05) is 21.3 Å². The minimum Gasteiger partial charge on any atom is -0.496 e. The number of ether oxygens (including phenoxy) is 3. The molecular formula is C27H33IO3P+. The van der Waals surface area contributed by atoms with Gasteiger partial charge in [0.25, 0.3) is 0 Å². The molecule has 3 rings (SSSR count). The van der Waals surface area contributed by atoms with Crippen LogP contribution < -0.4 is 30.1 Å². The van der Waals surface area contributed by atoms with Crippen molar-refractivity contribution >= 4 is 42.9 Å². The zero-order chi connectivity index (χ0) is 23.8. The Kier molecular flexibility index (Phi) is 7.46. The van der Waals surface area contributed by atoms with Gasteiger partial charge in [0.15, 0.2) is 26.9 Å². The van der Waals surface area contributed by atoms with Gasteiger partial charge in [0, 0.05) is 0 Å². The Hall–Kier alpha value is -1.78. The molecule has 0 bridgehead atoms. The number of halogens is 1. The lowest BCUT2D eigenvalue weighted by molar-refractivity contribution is 0.408. The van der Waals surface area contributed by atoms with Crippen molar-refractivity contribution in [1.29, 1.82) is 0 Å². The van der Waals surface area contributed by atoms with Crippen LogP contribution in [0.25, 0.3) is 0 Å². The summed E-state index contributed by atoms with van der Waals surface area (Å²) in [5.74, 6) is 2.88. The van der Waals surface area contributed by atoms with E-state index in [1.54, 1.807) is 21.3 Å². The Morgan fingerprint density at radius 2 is 0.656 bits per heavy atom. The second-order valence-corrected chi connectivity index (χ2v) is 15.5. The number of rotatable bonds is 6. The van der Waals surface area contributed by atoms with E-state index in [9.17, 15) is 0 Å². The van der Waals surface area contributed by atoms with E-state index < -0.39 is 4.90 Å². The summed E-state index contributed by atoms with van der Waals surface area (Å²) in [6.07, 6.45) is 0. The number of hydrogen-bond donors (Lipinski definition) is 0. The summed E-state index contributed by atoms with van der Waals surface area (Å²) < 4.78 is 17.0. The topological polar surface area (TPSA) is 27.7 Å². The molecule has 3 aromatic carbocycles. The lowest BCUT2D eigenvalue weighted by Crippen LogP contribution is -2.28. The van der Waals surface area contributed by atoms with Gasteiger partial charge in [-0.25, -0.2) is 0 Å². The smallest absolute Gasteiger partial charge is 0.173 e. The molecule has 3 aromatic rings. The molecule has 0 aromatic heterocycles. The lowest BCUT2D eigenvalue weighted by Gasteiger charge is -2.24. The lowest BCUT2D eigenvalue weighted by atomic mass is 10.1. The Labute approximate surface area is 206 Å². The summed E-state index contributed by atoms with van der Waals surface area (Å²) in [4.78, 5) is -1.98.